The molecule has 0 saturated heterocycles. The van der Waals surface area contributed by atoms with E-state index in [0.29, 0.717) is 38.1 Å². The normalized spacial score (nSPS) is 11.9. The van der Waals surface area contributed by atoms with Crippen LogP contribution in [0.25, 0.3) is 21.8 Å². The number of benzene rings is 3. The Morgan fingerprint density at radius 3 is 2.19 bits per heavy atom. The number of nitrogens with two attached hydrogens (primary N) is 1. The van der Waals surface area contributed by atoms with Crippen molar-refractivity contribution in [3.05, 3.63) is 82.9 Å². The van der Waals surface area contributed by atoms with Crippen LogP contribution in [0.2, 0.25) is 5.02 Å². The molecule has 3 aromatic carbocycles. The highest BCUT2D eigenvalue weighted by molar-refractivity contribution is 6.32. The topological polar surface area (TPSA) is 94.3 Å². The van der Waals surface area contributed by atoms with Crippen molar-refractivity contribution in [2.75, 3.05) is 7.11 Å². The summed E-state index contributed by atoms with van der Waals surface area (Å²) in [6.07, 6.45) is 0.200. The van der Waals surface area contributed by atoms with Gasteiger partial charge in [-0.05, 0) is 29.8 Å². The second kappa shape index (κ2) is 8.62. The summed E-state index contributed by atoms with van der Waals surface area (Å²) < 4.78 is 5.16. The van der Waals surface area contributed by atoms with Gasteiger partial charge in [0.25, 0.3) is 5.91 Å². The number of carbonyl (C=O) groups is 2. The molecule has 0 fully saturated rings. The van der Waals surface area contributed by atoms with E-state index >= 15 is 0 Å². The van der Waals surface area contributed by atoms with Crippen molar-refractivity contribution in [1.82, 2.24) is 10.3 Å². The lowest BCUT2D eigenvalue weighted by molar-refractivity contribution is -0.119. The first-order valence-corrected chi connectivity index (χ1v) is 10.1. The van der Waals surface area contributed by atoms with Gasteiger partial charge in [0.05, 0.1) is 28.7 Å². The van der Waals surface area contributed by atoms with Crippen LogP contribution in [0.15, 0.2) is 66.7 Å². The van der Waals surface area contributed by atoms with Crippen molar-refractivity contribution < 1.29 is 14.3 Å². The maximum absolute atomic E-state index is 13.4. The summed E-state index contributed by atoms with van der Waals surface area (Å²) >= 11 is 6.19. The third kappa shape index (κ3) is 4.15. The fourth-order valence-corrected chi connectivity index (χ4v) is 3.89. The smallest absolute Gasteiger partial charge is 0.253 e. The molecule has 0 bridgehead atoms. The minimum absolute atomic E-state index is 0.200. The predicted molar refractivity (Wildman–Crippen MR) is 121 cm³/mol. The molecule has 3 N–H and O–H groups in total. The minimum Gasteiger partial charge on any atom is -0.495 e. The number of halogens is 1. The molecule has 31 heavy (non-hydrogen) atoms. The molecular formula is C24H20ClN3O3. The van der Waals surface area contributed by atoms with Crippen molar-refractivity contribution >= 4 is 45.2 Å². The van der Waals surface area contributed by atoms with Gasteiger partial charge in [-0.1, -0.05) is 54.1 Å². The standard InChI is InChI=1S/C24H20ClN3O3/c1-31-21-11-10-14(12-17(21)25)13-20(23(26)29)28-24(30)22-15-6-2-4-8-18(15)27-19-9-5-3-7-16(19)22/h2-12,20H,13H2,1H3,(H2,26,29)(H,28,30)/t20-/m0/s1. The van der Waals surface area contributed by atoms with Gasteiger partial charge in [0, 0.05) is 17.2 Å². The lowest BCUT2D eigenvalue weighted by atomic mass is 10.0. The number of methoxy groups -OCH3 is 1. The van der Waals surface area contributed by atoms with Crippen LogP contribution in [-0.2, 0) is 11.2 Å². The third-order valence-corrected chi connectivity index (χ3v) is 5.41. The lowest BCUT2D eigenvalue weighted by Gasteiger charge is -2.18. The van der Waals surface area contributed by atoms with E-state index < -0.39 is 17.9 Å². The van der Waals surface area contributed by atoms with Gasteiger partial charge in [-0.15, -0.1) is 0 Å². The fraction of sp³-hybridized carbons (Fsp3) is 0.125. The number of pyridine rings is 1. The van der Waals surface area contributed by atoms with Crippen LogP contribution >= 0.6 is 11.6 Å². The average Bonchev–Trinajstić information content (AvgIpc) is 2.77. The second-order valence-corrected chi connectivity index (χ2v) is 7.53. The van der Waals surface area contributed by atoms with Gasteiger partial charge in [0.1, 0.15) is 11.8 Å². The SMILES string of the molecule is COc1ccc(C[C@H](NC(=O)c2c3ccccc3nc3ccccc23)C(N)=O)cc1Cl. The Kier molecular flexibility index (Phi) is 5.73. The molecule has 1 heterocycles. The van der Waals surface area contributed by atoms with Gasteiger partial charge in [-0.2, -0.15) is 0 Å². The summed E-state index contributed by atoms with van der Waals surface area (Å²) in [5.41, 5.74) is 8.21. The number of hydrogen-bond acceptors (Lipinski definition) is 4. The molecular weight excluding hydrogens is 414 g/mol. The number of amides is 2. The lowest BCUT2D eigenvalue weighted by Crippen LogP contribution is -2.46. The van der Waals surface area contributed by atoms with E-state index in [-0.39, 0.29) is 6.42 Å². The number of fused-ring (bicyclic) bond motifs is 2. The maximum Gasteiger partial charge on any atom is 0.253 e. The monoisotopic (exact) mass is 433 g/mol. The van der Waals surface area contributed by atoms with E-state index in [1.807, 2.05) is 48.5 Å². The average molecular weight is 434 g/mol. The molecule has 4 aromatic rings. The van der Waals surface area contributed by atoms with Gasteiger partial charge in [0.15, 0.2) is 0 Å². The first-order valence-electron chi connectivity index (χ1n) is 9.68. The summed E-state index contributed by atoms with van der Waals surface area (Å²) in [4.78, 5) is 30.1. The summed E-state index contributed by atoms with van der Waals surface area (Å²) in [5, 5.41) is 4.62. The first kappa shape index (κ1) is 20.6. The zero-order chi connectivity index (χ0) is 22.0. The van der Waals surface area contributed by atoms with Crippen LogP contribution in [0.1, 0.15) is 15.9 Å². The summed E-state index contributed by atoms with van der Waals surface area (Å²) in [6.45, 7) is 0. The van der Waals surface area contributed by atoms with Gasteiger partial charge < -0.3 is 15.8 Å². The Hall–Kier alpha value is -3.64. The largest absolute Gasteiger partial charge is 0.495 e. The predicted octanol–water partition coefficient (Wildman–Crippen LogP) is 3.88. The Bertz CT molecular complexity index is 1250. The van der Waals surface area contributed by atoms with Crippen LogP contribution < -0.4 is 15.8 Å². The Morgan fingerprint density at radius 2 is 1.65 bits per heavy atom. The number of rotatable bonds is 6. The van der Waals surface area contributed by atoms with Crippen molar-refractivity contribution in [3.63, 3.8) is 0 Å². The number of primary amides is 1. The third-order valence-electron chi connectivity index (χ3n) is 5.12. The molecule has 0 saturated carbocycles. The van der Waals surface area contributed by atoms with E-state index in [1.54, 1.807) is 18.2 Å². The molecule has 7 heteroatoms. The maximum atomic E-state index is 13.4. The fourth-order valence-electron chi connectivity index (χ4n) is 3.61. The van der Waals surface area contributed by atoms with Crippen LogP contribution in [0.3, 0.4) is 0 Å². The molecule has 1 atom stereocenters. The molecule has 0 aliphatic heterocycles. The molecule has 0 aliphatic carbocycles. The molecule has 0 radical (unpaired) electrons. The Morgan fingerprint density at radius 1 is 1.03 bits per heavy atom. The van der Waals surface area contributed by atoms with E-state index in [1.165, 1.54) is 7.11 Å². The van der Waals surface area contributed by atoms with Crippen LogP contribution in [0.4, 0.5) is 0 Å². The van der Waals surface area contributed by atoms with E-state index in [0.717, 1.165) is 5.56 Å². The Balaban J connectivity index is 1.70. The molecule has 0 unspecified atom stereocenters. The zero-order valence-corrected chi connectivity index (χ0v) is 17.5. The first-order chi connectivity index (χ1) is 15.0. The molecule has 4 rings (SSSR count). The second-order valence-electron chi connectivity index (χ2n) is 7.12. The van der Waals surface area contributed by atoms with E-state index in [4.69, 9.17) is 22.1 Å². The molecule has 6 nitrogen and oxygen atoms in total. The minimum atomic E-state index is -0.914. The molecule has 0 aliphatic rings. The van der Waals surface area contributed by atoms with Crippen molar-refractivity contribution in [2.24, 2.45) is 5.73 Å². The van der Waals surface area contributed by atoms with Crippen molar-refractivity contribution in [1.29, 1.82) is 0 Å². The summed E-state index contributed by atoms with van der Waals surface area (Å²) in [5.74, 6) is -0.499. The van der Waals surface area contributed by atoms with Gasteiger partial charge in [-0.3, -0.25) is 9.59 Å². The highest BCUT2D eigenvalue weighted by atomic mass is 35.5. The molecule has 156 valence electrons. The summed E-state index contributed by atoms with van der Waals surface area (Å²) in [7, 11) is 1.52. The van der Waals surface area contributed by atoms with Gasteiger partial charge >= 0.3 is 0 Å². The molecule has 0 spiro atoms. The number of hydrogen-bond donors (Lipinski definition) is 2. The van der Waals surface area contributed by atoms with Crippen LogP contribution in [0.5, 0.6) is 5.75 Å². The van der Waals surface area contributed by atoms with E-state index in [2.05, 4.69) is 10.3 Å². The Labute approximate surface area is 184 Å². The number of aromatic nitrogens is 1. The van der Waals surface area contributed by atoms with Crippen LogP contribution in [0, 0.1) is 0 Å². The highest BCUT2D eigenvalue weighted by Crippen LogP contribution is 2.27. The highest BCUT2D eigenvalue weighted by Gasteiger charge is 2.23. The summed E-state index contributed by atoms with van der Waals surface area (Å²) in [6, 6.07) is 19.1. The number of nitrogens with one attached hydrogen (secondary N) is 1. The number of carbonyl (C=O) groups excluding carboxylic acids is 2. The van der Waals surface area contributed by atoms with Crippen molar-refractivity contribution in [3.8, 4) is 5.75 Å². The van der Waals surface area contributed by atoms with Gasteiger partial charge in [0.2, 0.25) is 5.91 Å². The molecule has 2 amide bonds. The van der Waals surface area contributed by atoms with Crippen LogP contribution in [-0.4, -0.2) is 29.9 Å². The molecule has 1 aromatic heterocycles. The number of para-hydroxylation sites is 2. The van der Waals surface area contributed by atoms with E-state index in [9.17, 15) is 9.59 Å². The van der Waals surface area contributed by atoms with Gasteiger partial charge in [-0.25, -0.2) is 4.98 Å². The number of ether oxygens (including phenoxy) is 1. The number of nitrogens with zero attached hydrogens (tertiary/aromatic N) is 1. The van der Waals surface area contributed by atoms with Crippen molar-refractivity contribution in [2.45, 2.75) is 12.5 Å². The quantitative estimate of drug-likeness (QED) is 0.451. The zero-order valence-electron chi connectivity index (χ0n) is 16.8.